The maximum Gasteiger partial charge on any atom is 0.283 e. The van der Waals surface area contributed by atoms with Crippen LogP contribution in [0.2, 0.25) is 0 Å². The minimum atomic E-state index is -0.375. The molecule has 110 valence electrons. The average molecular weight is 343 g/mol. The molecule has 6 heteroatoms. The van der Waals surface area contributed by atoms with Crippen molar-refractivity contribution in [2.24, 2.45) is 0 Å². The molecule has 1 N–H and O–H groups in total. The second-order valence-corrected chi connectivity index (χ2v) is 6.03. The summed E-state index contributed by atoms with van der Waals surface area (Å²) in [7, 11) is 0. The molecule has 1 aliphatic carbocycles. The smallest absolute Gasteiger partial charge is 0.283 e. The van der Waals surface area contributed by atoms with Gasteiger partial charge in [0, 0.05) is 25.2 Å². The minimum Gasteiger partial charge on any atom is -0.395 e. The van der Waals surface area contributed by atoms with Gasteiger partial charge in [-0.15, -0.1) is 0 Å². The molecule has 0 spiro atoms. The predicted molar refractivity (Wildman–Crippen MR) is 80.5 cm³/mol. The van der Waals surface area contributed by atoms with Crippen LogP contribution in [0.3, 0.4) is 0 Å². The van der Waals surface area contributed by atoms with Gasteiger partial charge in [0.15, 0.2) is 0 Å². The first-order valence-corrected chi connectivity index (χ1v) is 7.69. The van der Waals surface area contributed by atoms with Crippen LogP contribution in [0.15, 0.2) is 22.7 Å². The number of aliphatic hydroxyl groups is 1. The van der Waals surface area contributed by atoms with E-state index in [2.05, 4.69) is 20.8 Å². The molecule has 2 rings (SSSR count). The summed E-state index contributed by atoms with van der Waals surface area (Å²) in [5, 5.41) is 20.2. The van der Waals surface area contributed by atoms with E-state index in [1.54, 1.807) is 12.1 Å². The molecular weight excluding hydrogens is 324 g/mol. The third kappa shape index (κ3) is 3.77. The van der Waals surface area contributed by atoms with E-state index in [9.17, 15) is 15.2 Å². The maximum atomic E-state index is 11.0. The summed E-state index contributed by atoms with van der Waals surface area (Å²) in [6.07, 6.45) is 4.76. The second-order valence-electron chi connectivity index (χ2n) is 5.18. The normalized spacial score (nSPS) is 15.9. The van der Waals surface area contributed by atoms with Gasteiger partial charge in [-0.3, -0.25) is 15.0 Å². The number of hydrogen-bond donors (Lipinski definition) is 1. The Bertz CT molecular complexity index is 475. The Morgan fingerprint density at radius 2 is 2.10 bits per heavy atom. The summed E-state index contributed by atoms with van der Waals surface area (Å²) in [6.45, 7) is 1.39. The van der Waals surface area contributed by atoms with Gasteiger partial charge in [-0.1, -0.05) is 18.9 Å². The van der Waals surface area contributed by atoms with Gasteiger partial charge in [-0.05, 0) is 40.4 Å². The van der Waals surface area contributed by atoms with Gasteiger partial charge >= 0.3 is 0 Å². The van der Waals surface area contributed by atoms with E-state index in [1.165, 1.54) is 12.8 Å². The van der Waals surface area contributed by atoms with E-state index in [-0.39, 0.29) is 17.2 Å². The lowest BCUT2D eigenvalue weighted by Gasteiger charge is -2.28. The first-order valence-electron chi connectivity index (χ1n) is 6.89. The fraction of sp³-hybridized carbons (Fsp3) is 0.571. The highest BCUT2D eigenvalue weighted by atomic mass is 79.9. The van der Waals surface area contributed by atoms with Crippen LogP contribution in [0.25, 0.3) is 0 Å². The van der Waals surface area contributed by atoms with Crippen molar-refractivity contribution in [2.45, 2.75) is 38.3 Å². The topological polar surface area (TPSA) is 66.6 Å². The number of nitro benzene ring substituents is 1. The van der Waals surface area contributed by atoms with Gasteiger partial charge in [0.05, 0.1) is 16.0 Å². The first kappa shape index (κ1) is 15.4. The van der Waals surface area contributed by atoms with Crippen LogP contribution in [0, 0.1) is 10.1 Å². The van der Waals surface area contributed by atoms with Crippen LogP contribution >= 0.6 is 15.9 Å². The summed E-state index contributed by atoms with van der Waals surface area (Å²) in [4.78, 5) is 12.8. The Labute approximate surface area is 126 Å². The molecule has 0 unspecified atom stereocenters. The Hall–Kier alpha value is -0.980. The Balaban J connectivity index is 2.13. The molecule has 0 aliphatic heterocycles. The van der Waals surface area contributed by atoms with Crippen LogP contribution < -0.4 is 0 Å². The third-order valence-electron chi connectivity index (χ3n) is 3.82. The van der Waals surface area contributed by atoms with Crippen molar-refractivity contribution in [2.75, 3.05) is 13.2 Å². The van der Waals surface area contributed by atoms with Crippen LogP contribution in [0.1, 0.15) is 31.2 Å². The highest BCUT2D eigenvalue weighted by molar-refractivity contribution is 9.10. The number of nitrogens with zero attached hydrogens (tertiary/aromatic N) is 2. The van der Waals surface area contributed by atoms with Crippen molar-refractivity contribution in [1.29, 1.82) is 0 Å². The van der Waals surface area contributed by atoms with Gasteiger partial charge in [0.1, 0.15) is 0 Å². The van der Waals surface area contributed by atoms with Gasteiger partial charge in [0.25, 0.3) is 5.69 Å². The van der Waals surface area contributed by atoms with E-state index in [4.69, 9.17) is 0 Å². The number of aliphatic hydroxyl groups excluding tert-OH is 1. The van der Waals surface area contributed by atoms with Gasteiger partial charge in [0.2, 0.25) is 0 Å². The molecule has 1 fully saturated rings. The van der Waals surface area contributed by atoms with E-state index in [1.807, 2.05) is 6.07 Å². The number of hydrogen-bond acceptors (Lipinski definition) is 4. The van der Waals surface area contributed by atoms with Crippen molar-refractivity contribution >= 4 is 21.6 Å². The molecule has 1 aliphatic rings. The van der Waals surface area contributed by atoms with Crippen molar-refractivity contribution in [1.82, 2.24) is 4.90 Å². The largest absolute Gasteiger partial charge is 0.395 e. The molecule has 0 amide bonds. The summed E-state index contributed by atoms with van der Waals surface area (Å²) < 4.78 is 0.501. The highest BCUT2D eigenvalue weighted by Crippen LogP contribution is 2.28. The van der Waals surface area contributed by atoms with Crippen molar-refractivity contribution in [3.05, 3.63) is 38.3 Å². The Morgan fingerprint density at radius 3 is 2.70 bits per heavy atom. The zero-order chi connectivity index (χ0) is 14.5. The molecule has 0 radical (unpaired) electrons. The average Bonchev–Trinajstić information content (AvgIpc) is 2.94. The summed E-state index contributed by atoms with van der Waals surface area (Å²) >= 11 is 3.20. The predicted octanol–water partition coefficient (Wildman–Crippen LogP) is 3.09. The van der Waals surface area contributed by atoms with Crippen LogP contribution in [0.4, 0.5) is 5.69 Å². The molecule has 0 aromatic heterocycles. The second kappa shape index (κ2) is 7.15. The number of halogens is 1. The summed E-state index contributed by atoms with van der Waals surface area (Å²) in [5.74, 6) is 0. The van der Waals surface area contributed by atoms with Crippen LogP contribution in [-0.2, 0) is 6.54 Å². The summed E-state index contributed by atoms with van der Waals surface area (Å²) in [6, 6.07) is 5.73. The fourth-order valence-corrected chi connectivity index (χ4v) is 3.21. The summed E-state index contributed by atoms with van der Waals surface area (Å²) in [5.41, 5.74) is 1.01. The molecule has 0 bridgehead atoms. The molecule has 1 aromatic rings. The van der Waals surface area contributed by atoms with Crippen molar-refractivity contribution < 1.29 is 10.0 Å². The quantitative estimate of drug-likeness (QED) is 0.637. The van der Waals surface area contributed by atoms with E-state index in [0.717, 1.165) is 18.4 Å². The third-order valence-corrected chi connectivity index (χ3v) is 4.49. The van der Waals surface area contributed by atoms with E-state index >= 15 is 0 Å². The first-order chi connectivity index (χ1) is 9.61. The number of nitro groups is 1. The van der Waals surface area contributed by atoms with Crippen molar-refractivity contribution in [3.63, 3.8) is 0 Å². The molecule has 5 nitrogen and oxygen atoms in total. The Kier molecular flexibility index (Phi) is 5.51. The lowest BCUT2D eigenvalue weighted by Crippen LogP contribution is -2.35. The van der Waals surface area contributed by atoms with Gasteiger partial charge in [-0.25, -0.2) is 0 Å². The van der Waals surface area contributed by atoms with E-state index < -0.39 is 0 Å². The maximum absolute atomic E-state index is 11.0. The number of benzene rings is 1. The molecule has 1 aromatic carbocycles. The van der Waals surface area contributed by atoms with Gasteiger partial charge < -0.3 is 5.11 Å². The SMILES string of the molecule is O=[N+]([O-])c1cc(CN(CCO)C2CCCC2)ccc1Br. The molecule has 20 heavy (non-hydrogen) atoms. The highest BCUT2D eigenvalue weighted by Gasteiger charge is 2.23. The van der Waals surface area contributed by atoms with Crippen LogP contribution in [-0.4, -0.2) is 34.1 Å². The molecule has 0 saturated heterocycles. The number of rotatable bonds is 6. The molecular formula is C14H19BrN2O3. The Morgan fingerprint density at radius 1 is 1.40 bits per heavy atom. The minimum absolute atomic E-state index is 0.0953. The molecule has 1 saturated carbocycles. The molecule has 0 heterocycles. The monoisotopic (exact) mass is 342 g/mol. The van der Waals surface area contributed by atoms with Crippen LogP contribution in [0.5, 0.6) is 0 Å². The lowest BCUT2D eigenvalue weighted by atomic mass is 10.1. The molecule has 0 atom stereocenters. The fourth-order valence-electron chi connectivity index (χ4n) is 2.82. The zero-order valence-electron chi connectivity index (χ0n) is 11.3. The standard InChI is InChI=1S/C14H19BrN2O3/c15-13-6-5-11(9-14(13)17(19)20)10-16(7-8-18)12-3-1-2-4-12/h5-6,9,12,18H,1-4,7-8,10H2. The van der Waals surface area contributed by atoms with Crippen molar-refractivity contribution in [3.8, 4) is 0 Å². The van der Waals surface area contributed by atoms with Gasteiger partial charge in [-0.2, -0.15) is 0 Å². The zero-order valence-corrected chi connectivity index (χ0v) is 12.9. The van der Waals surface area contributed by atoms with E-state index in [0.29, 0.717) is 23.6 Å². The lowest BCUT2D eigenvalue weighted by molar-refractivity contribution is -0.385.